The molecule has 104 valence electrons. The maximum absolute atomic E-state index is 12.1. The van der Waals surface area contributed by atoms with Crippen molar-refractivity contribution in [2.75, 3.05) is 13.2 Å². The minimum absolute atomic E-state index is 0.0756. The Morgan fingerprint density at radius 1 is 1.37 bits per heavy atom. The Hall–Kier alpha value is -1.55. The van der Waals surface area contributed by atoms with E-state index in [1.165, 1.54) is 0 Å². The van der Waals surface area contributed by atoms with Gasteiger partial charge in [0.25, 0.3) is 5.91 Å². The first-order valence-corrected chi connectivity index (χ1v) is 6.89. The molecule has 1 aliphatic carbocycles. The number of benzene rings is 1. The van der Waals surface area contributed by atoms with Crippen LogP contribution in [-0.4, -0.2) is 30.3 Å². The minimum atomic E-state index is -0.0756. The molecular formula is C15H21NO3. The highest BCUT2D eigenvalue weighted by Gasteiger charge is 2.27. The van der Waals surface area contributed by atoms with Crippen molar-refractivity contribution in [3.63, 3.8) is 0 Å². The van der Waals surface area contributed by atoms with Crippen molar-refractivity contribution in [2.45, 2.75) is 32.2 Å². The Morgan fingerprint density at radius 2 is 2.11 bits per heavy atom. The number of rotatable bonds is 5. The fourth-order valence-electron chi connectivity index (χ4n) is 2.57. The Morgan fingerprint density at radius 3 is 2.74 bits per heavy atom. The fourth-order valence-corrected chi connectivity index (χ4v) is 2.57. The van der Waals surface area contributed by atoms with Crippen molar-refractivity contribution in [1.82, 2.24) is 5.32 Å². The fraction of sp³-hybridized carbons (Fsp3) is 0.533. The predicted octanol–water partition coefficient (Wildman–Crippen LogP) is 1.98. The van der Waals surface area contributed by atoms with Crippen molar-refractivity contribution < 1.29 is 14.6 Å². The van der Waals surface area contributed by atoms with Crippen molar-refractivity contribution in [3.05, 3.63) is 29.8 Å². The second kappa shape index (κ2) is 6.57. The molecule has 1 aromatic carbocycles. The molecule has 0 heterocycles. The number of amides is 1. The monoisotopic (exact) mass is 263 g/mol. The molecule has 0 spiro atoms. The average Bonchev–Trinajstić information content (AvgIpc) is 2.87. The average molecular weight is 263 g/mol. The molecule has 2 unspecified atom stereocenters. The Kier molecular flexibility index (Phi) is 4.80. The van der Waals surface area contributed by atoms with Crippen LogP contribution < -0.4 is 10.1 Å². The van der Waals surface area contributed by atoms with Gasteiger partial charge in [0, 0.05) is 24.1 Å². The topological polar surface area (TPSA) is 58.6 Å². The van der Waals surface area contributed by atoms with E-state index in [-0.39, 0.29) is 24.5 Å². The molecule has 1 aliphatic rings. The summed E-state index contributed by atoms with van der Waals surface area (Å²) in [6.45, 7) is 2.69. The van der Waals surface area contributed by atoms with Gasteiger partial charge in [0.2, 0.25) is 0 Å². The second-order valence-electron chi connectivity index (χ2n) is 4.91. The van der Waals surface area contributed by atoms with Gasteiger partial charge in [-0.25, -0.2) is 0 Å². The van der Waals surface area contributed by atoms with Crippen LogP contribution in [0.1, 0.15) is 36.5 Å². The highest BCUT2D eigenvalue weighted by Crippen LogP contribution is 2.25. The largest absolute Gasteiger partial charge is 0.494 e. The molecule has 1 aromatic rings. The summed E-state index contributed by atoms with van der Waals surface area (Å²) in [4.78, 5) is 12.1. The van der Waals surface area contributed by atoms with Crippen molar-refractivity contribution in [2.24, 2.45) is 5.92 Å². The van der Waals surface area contributed by atoms with E-state index in [0.29, 0.717) is 12.2 Å². The molecule has 0 radical (unpaired) electrons. The number of hydrogen-bond acceptors (Lipinski definition) is 3. The SMILES string of the molecule is CCOc1ccc(C(=O)NC2CCCC2CO)cc1. The Bertz CT molecular complexity index is 416. The van der Waals surface area contributed by atoms with Crippen LogP contribution in [0, 0.1) is 5.92 Å². The molecule has 4 nitrogen and oxygen atoms in total. The molecule has 2 rings (SSSR count). The highest BCUT2D eigenvalue weighted by atomic mass is 16.5. The van der Waals surface area contributed by atoms with Crippen LogP contribution in [0.15, 0.2) is 24.3 Å². The van der Waals surface area contributed by atoms with E-state index in [0.717, 1.165) is 25.0 Å². The molecule has 0 aliphatic heterocycles. The zero-order valence-electron chi connectivity index (χ0n) is 11.3. The van der Waals surface area contributed by atoms with Crippen molar-refractivity contribution in [1.29, 1.82) is 0 Å². The van der Waals surface area contributed by atoms with Crippen LogP contribution in [0.4, 0.5) is 0 Å². The third-order valence-corrected chi connectivity index (χ3v) is 3.64. The van der Waals surface area contributed by atoms with Gasteiger partial charge in [-0.05, 0) is 44.0 Å². The number of nitrogens with one attached hydrogen (secondary N) is 1. The number of aliphatic hydroxyl groups is 1. The normalized spacial score (nSPS) is 22.2. The van der Waals surface area contributed by atoms with Crippen LogP contribution in [0.5, 0.6) is 5.75 Å². The molecular weight excluding hydrogens is 242 g/mol. The van der Waals surface area contributed by atoms with Gasteiger partial charge >= 0.3 is 0 Å². The van der Waals surface area contributed by atoms with E-state index < -0.39 is 0 Å². The lowest BCUT2D eigenvalue weighted by Crippen LogP contribution is -2.38. The summed E-state index contributed by atoms with van der Waals surface area (Å²) in [6.07, 6.45) is 3.01. The van der Waals surface area contributed by atoms with Gasteiger partial charge in [0.1, 0.15) is 5.75 Å². The molecule has 2 N–H and O–H groups in total. The van der Waals surface area contributed by atoms with E-state index >= 15 is 0 Å². The first-order valence-electron chi connectivity index (χ1n) is 6.89. The number of hydrogen-bond donors (Lipinski definition) is 2. The number of ether oxygens (including phenoxy) is 1. The van der Waals surface area contributed by atoms with Crippen LogP contribution in [-0.2, 0) is 0 Å². The lowest BCUT2D eigenvalue weighted by molar-refractivity contribution is 0.0916. The molecule has 1 fully saturated rings. The summed E-state index contributed by atoms with van der Waals surface area (Å²) < 4.78 is 5.34. The van der Waals surface area contributed by atoms with E-state index in [2.05, 4.69) is 5.32 Å². The molecule has 0 bridgehead atoms. The van der Waals surface area contributed by atoms with Crippen molar-refractivity contribution >= 4 is 5.91 Å². The van der Waals surface area contributed by atoms with E-state index in [1.54, 1.807) is 24.3 Å². The maximum Gasteiger partial charge on any atom is 0.251 e. The van der Waals surface area contributed by atoms with Gasteiger partial charge in [-0.2, -0.15) is 0 Å². The molecule has 1 saturated carbocycles. The van der Waals surface area contributed by atoms with E-state index in [4.69, 9.17) is 4.74 Å². The highest BCUT2D eigenvalue weighted by molar-refractivity contribution is 5.94. The number of carbonyl (C=O) groups excluding carboxylic acids is 1. The van der Waals surface area contributed by atoms with Gasteiger partial charge in [-0.15, -0.1) is 0 Å². The van der Waals surface area contributed by atoms with E-state index in [9.17, 15) is 9.90 Å². The minimum Gasteiger partial charge on any atom is -0.494 e. The molecule has 1 amide bonds. The second-order valence-corrected chi connectivity index (χ2v) is 4.91. The molecule has 4 heteroatoms. The summed E-state index contributed by atoms with van der Waals surface area (Å²) in [5.74, 6) is 0.896. The van der Waals surface area contributed by atoms with Crippen LogP contribution in [0.2, 0.25) is 0 Å². The third kappa shape index (κ3) is 3.47. The summed E-state index contributed by atoms with van der Waals surface area (Å²) >= 11 is 0. The summed E-state index contributed by atoms with van der Waals surface area (Å²) in [5, 5.41) is 12.3. The third-order valence-electron chi connectivity index (χ3n) is 3.64. The van der Waals surface area contributed by atoms with Crippen molar-refractivity contribution in [3.8, 4) is 5.75 Å². The Balaban J connectivity index is 1.95. The van der Waals surface area contributed by atoms with Gasteiger partial charge in [0.05, 0.1) is 6.61 Å². The van der Waals surface area contributed by atoms with Gasteiger partial charge in [0.15, 0.2) is 0 Å². The van der Waals surface area contributed by atoms with Crippen LogP contribution in [0.25, 0.3) is 0 Å². The lowest BCUT2D eigenvalue weighted by Gasteiger charge is -2.19. The predicted molar refractivity (Wildman–Crippen MR) is 73.3 cm³/mol. The van der Waals surface area contributed by atoms with Gasteiger partial charge in [-0.1, -0.05) is 6.42 Å². The molecule has 0 saturated heterocycles. The molecule has 2 atom stereocenters. The standard InChI is InChI=1S/C15H21NO3/c1-2-19-13-8-6-11(7-9-13)15(18)16-14-5-3-4-12(14)10-17/h6-9,12,14,17H,2-5,10H2,1H3,(H,16,18). The summed E-state index contributed by atoms with van der Waals surface area (Å²) in [6, 6.07) is 7.24. The summed E-state index contributed by atoms with van der Waals surface area (Å²) in [7, 11) is 0. The number of aliphatic hydroxyl groups excluding tert-OH is 1. The van der Waals surface area contributed by atoms with Gasteiger partial charge in [-0.3, -0.25) is 4.79 Å². The van der Waals surface area contributed by atoms with E-state index in [1.807, 2.05) is 6.92 Å². The lowest BCUT2D eigenvalue weighted by atomic mass is 10.0. The van der Waals surface area contributed by atoms with Gasteiger partial charge < -0.3 is 15.2 Å². The number of carbonyl (C=O) groups is 1. The maximum atomic E-state index is 12.1. The molecule has 19 heavy (non-hydrogen) atoms. The first kappa shape index (κ1) is 13.9. The Labute approximate surface area is 113 Å². The van der Waals surface area contributed by atoms with Crippen LogP contribution in [0.3, 0.4) is 0 Å². The zero-order chi connectivity index (χ0) is 13.7. The first-order chi connectivity index (χ1) is 9.24. The van der Waals surface area contributed by atoms with Crippen LogP contribution >= 0.6 is 0 Å². The molecule has 0 aromatic heterocycles. The smallest absolute Gasteiger partial charge is 0.251 e. The quantitative estimate of drug-likeness (QED) is 0.854. The summed E-state index contributed by atoms with van der Waals surface area (Å²) in [5.41, 5.74) is 0.632. The zero-order valence-corrected chi connectivity index (χ0v) is 11.3.